The van der Waals surface area contributed by atoms with Crippen LogP contribution in [0.15, 0.2) is 47.3 Å². The molecule has 0 spiro atoms. The molecule has 0 aliphatic heterocycles. The van der Waals surface area contributed by atoms with Crippen LogP contribution < -0.4 is 14.8 Å². The molecule has 0 bridgehead atoms. The Labute approximate surface area is 154 Å². The fraction of sp³-hybridized carbons (Fsp3) is 0.200. The molecule has 128 valence electrons. The molecule has 3 aromatic rings. The highest BCUT2D eigenvalue weighted by Gasteiger charge is 2.18. The number of hydrogen-bond acceptors (Lipinski definition) is 4. The van der Waals surface area contributed by atoms with Gasteiger partial charge in [0.15, 0.2) is 5.78 Å². The molecule has 1 aromatic carbocycles. The van der Waals surface area contributed by atoms with Crippen LogP contribution in [0.5, 0.6) is 0 Å². The number of carbonyl (C=O) groups is 1. The molecule has 25 heavy (non-hydrogen) atoms. The van der Waals surface area contributed by atoms with Gasteiger partial charge in [-0.05, 0) is 23.8 Å². The Morgan fingerprint density at radius 2 is 1.76 bits per heavy atom. The maximum Gasteiger partial charge on any atom is 0.266 e. The van der Waals surface area contributed by atoms with E-state index in [1.165, 1.54) is 17.4 Å². The molecule has 3 rings (SSSR count). The van der Waals surface area contributed by atoms with Gasteiger partial charge in [-0.15, -0.1) is 22.7 Å². The van der Waals surface area contributed by atoms with E-state index in [0.29, 0.717) is 9.20 Å². The van der Waals surface area contributed by atoms with Gasteiger partial charge in [0.1, 0.15) is 0 Å². The largest absolute Gasteiger partial charge is 0.313 e. The molecule has 0 aliphatic rings. The van der Waals surface area contributed by atoms with Crippen LogP contribution in [-0.2, 0) is 4.79 Å². The lowest BCUT2D eigenvalue weighted by atomic mass is 9.91. The highest BCUT2D eigenvalue weighted by Crippen LogP contribution is 2.28. The molecule has 0 saturated carbocycles. The van der Waals surface area contributed by atoms with Crippen LogP contribution in [-0.4, -0.2) is 10.8 Å². The van der Waals surface area contributed by atoms with Crippen molar-refractivity contribution in [2.45, 2.75) is 20.8 Å². The molecule has 1 N–H and O–H groups in total. The van der Waals surface area contributed by atoms with E-state index in [1.54, 1.807) is 11.3 Å². The van der Waals surface area contributed by atoms with Gasteiger partial charge in [0.2, 0.25) is 0 Å². The van der Waals surface area contributed by atoms with Gasteiger partial charge in [-0.25, -0.2) is 0 Å². The number of nitrogens with one attached hydrogen (secondary N) is 1. The van der Waals surface area contributed by atoms with Gasteiger partial charge in [0.05, 0.1) is 9.20 Å². The molecule has 2 aromatic heterocycles. The monoisotopic (exact) mass is 369 g/mol. The summed E-state index contributed by atoms with van der Waals surface area (Å²) in [6.07, 6.45) is 3.40. The van der Waals surface area contributed by atoms with Crippen molar-refractivity contribution in [1.29, 1.82) is 0 Å². The quantitative estimate of drug-likeness (QED) is 0.769. The molecule has 0 saturated heterocycles. The molecule has 0 aliphatic carbocycles. The number of aromatic amines is 1. The molecule has 0 unspecified atom stereocenters. The minimum atomic E-state index is -0.455. The maximum atomic E-state index is 12.1. The fourth-order valence-electron chi connectivity index (χ4n) is 2.18. The standard InChI is InChI=1S/C20H19NO2S2/c1-20(2,3)17(22)12-18-21-19(23)16(25-18)11-14-9-10-15(24-14)13-7-5-4-6-8-13/h4-12H,1-3H3,(H,21,23)/b16-11+,18-12+. The molecular weight excluding hydrogens is 350 g/mol. The van der Waals surface area contributed by atoms with Crippen molar-refractivity contribution in [3.63, 3.8) is 0 Å². The van der Waals surface area contributed by atoms with E-state index in [-0.39, 0.29) is 11.3 Å². The van der Waals surface area contributed by atoms with Gasteiger partial charge in [0, 0.05) is 21.2 Å². The second kappa shape index (κ2) is 6.94. The zero-order valence-corrected chi connectivity index (χ0v) is 16.0. The van der Waals surface area contributed by atoms with Gasteiger partial charge in [-0.2, -0.15) is 0 Å². The van der Waals surface area contributed by atoms with Gasteiger partial charge >= 0.3 is 0 Å². The maximum absolute atomic E-state index is 12.1. The van der Waals surface area contributed by atoms with E-state index in [0.717, 1.165) is 15.3 Å². The van der Waals surface area contributed by atoms with E-state index < -0.39 is 5.41 Å². The van der Waals surface area contributed by atoms with Gasteiger partial charge < -0.3 is 4.98 Å². The Morgan fingerprint density at radius 3 is 2.44 bits per heavy atom. The van der Waals surface area contributed by atoms with Crippen LogP contribution in [0.25, 0.3) is 22.6 Å². The number of H-pyrrole nitrogens is 1. The molecular formula is C20H19NO2S2. The number of carbonyl (C=O) groups excluding carboxylic acids is 1. The number of ketones is 1. The second-order valence-corrected chi connectivity index (χ2v) is 8.95. The SMILES string of the molecule is CC(C)(C)C(=O)/C=c1\[nH]c(=O)/c(=C\c2ccc(-c3ccccc3)s2)s1. The lowest BCUT2D eigenvalue weighted by Gasteiger charge is -2.12. The summed E-state index contributed by atoms with van der Waals surface area (Å²) in [6.45, 7) is 5.59. The lowest BCUT2D eigenvalue weighted by Crippen LogP contribution is -2.21. The van der Waals surface area contributed by atoms with Crippen molar-refractivity contribution in [3.05, 3.63) is 66.9 Å². The summed E-state index contributed by atoms with van der Waals surface area (Å²) in [5.41, 5.74) is 0.549. The number of aromatic nitrogens is 1. The first kappa shape index (κ1) is 17.6. The molecule has 0 fully saturated rings. The minimum Gasteiger partial charge on any atom is -0.313 e. The van der Waals surface area contributed by atoms with E-state index in [4.69, 9.17) is 0 Å². The normalized spacial score (nSPS) is 13.4. The van der Waals surface area contributed by atoms with Crippen LogP contribution in [0.2, 0.25) is 0 Å². The third-order valence-corrected chi connectivity index (χ3v) is 5.68. The second-order valence-electron chi connectivity index (χ2n) is 6.76. The Kier molecular flexibility index (Phi) is 4.88. The predicted molar refractivity (Wildman–Crippen MR) is 106 cm³/mol. The number of benzene rings is 1. The van der Waals surface area contributed by atoms with Crippen LogP contribution in [0.3, 0.4) is 0 Å². The third-order valence-electron chi connectivity index (χ3n) is 3.64. The Morgan fingerprint density at radius 1 is 1.04 bits per heavy atom. The summed E-state index contributed by atoms with van der Waals surface area (Å²) < 4.78 is 1.20. The van der Waals surface area contributed by atoms with Crippen molar-refractivity contribution in [3.8, 4) is 10.4 Å². The predicted octanol–water partition coefficient (Wildman–Crippen LogP) is 3.39. The average Bonchev–Trinajstić information content (AvgIpc) is 3.15. The minimum absolute atomic E-state index is 0.000891. The smallest absolute Gasteiger partial charge is 0.266 e. The number of hydrogen-bond donors (Lipinski definition) is 1. The van der Waals surface area contributed by atoms with Crippen LogP contribution in [0.4, 0.5) is 0 Å². The summed E-state index contributed by atoms with van der Waals surface area (Å²) in [6, 6.07) is 14.2. The van der Waals surface area contributed by atoms with E-state index in [9.17, 15) is 9.59 Å². The Hall–Kier alpha value is -2.24. The summed E-state index contributed by atoms with van der Waals surface area (Å²) in [7, 11) is 0. The van der Waals surface area contributed by atoms with Crippen molar-refractivity contribution in [2.75, 3.05) is 0 Å². The number of rotatable bonds is 3. The first-order valence-electron chi connectivity index (χ1n) is 7.95. The summed E-state index contributed by atoms with van der Waals surface area (Å²) in [5, 5.41) is 0. The first-order valence-corrected chi connectivity index (χ1v) is 9.58. The molecule has 3 nitrogen and oxygen atoms in total. The average molecular weight is 370 g/mol. The zero-order valence-electron chi connectivity index (χ0n) is 14.3. The molecule has 0 atom stereocenters. The number of thiophene rings is 1. The van der Waals surface area contributed by atoms with E-state index in [1.807, 2.05) is 51.1 Å². The summed E-state index contributed by atoms with van der Waals surface area (Å²) in [4.78, 5) is 29.2. The molecule has 0 radical (unpaired) electrons. The van der Waals surface area contributed by atoms with Crippen LogP contribution in [0.1, 0.15) is 25.6 Å². The molecule has 2 heterocycles. The molecule has 5 heteroatoms. The first-order chi connectivity index (χ1) is 11.8. The highest BCUT2D eigenvalue weighted by molar-refractivity contribution is 7.16. The van der Waals surface area contributed by atoms with Gasteiger partial charge in [-0.1, -0.05) is 51.1 Å². The van der Waals surface area contributed by atoms with Gasteiger partial charge in [0.25, 0.3) is 5.56 Å². The fourth-order valence-corrected chi connectivity index (χ4v) is 4.08. The molecule has 0 amide bonds. The van der Waals surface area contributed by atoms with Crippen molar-refractivity contribution >= 4 is 40.6 Å². The van der Waals surface area contributed by atoms with E-state index in [2.05, 4.69) is 23.2 Å². The van der Waals surface area contributed by atoms with Crippen molar-refractivity contribution in [2.24, 2.45) is 5.41 Å². The van der Waals surface area contributed by atoms with Crippen molar-refractivity contribution < 1.29 is 4.79 Å². The number of thiazole rings is 1. The Balaban J connectivity index is 1.96. The van der Waals surface area contributed by atoms with Crippen LogP contribution in [0, 0.1) is 5.41 Å². The van der Waals surface area contributed by atoms with Crippen molar-refractivity contribution in [1.82, 2.24) is 4.98 Å². The highest BCUT2D eigenvalue weighted by atomic mass is 32.1. The topological polar surface area (TPSA) is 49.9 Å². The zero-order chi connectivity index (χ0) is 18.0. The number of Topliss-reactive ketones (excluding diaryl/α,β-unsaturated/α-hetero) is 1. The van der Waals surface area contributed by atoms with Gasteiger partial charge in [-0.3, -0.25) is 9.59 Å². The summed E-state index contributed by atoms with van der Waals surface area (Å²) >= 11 is 2.95. The Bertz CT molecular complexity index is 1060. The van der Waals surface area contributed by atoms with Crippen LogP contribution >= 0.6 is 22.7 Å². The van der Waals surface area contributed by atoms with E-state index >= 15 is 0 Å². The summed E-state index contributed by atoms with van der Waals surface area (Å²) in [5.74, 6) is -0.000891. The third kappa shape index (κ3) is 4.24. The lowest BCUT2D eigenvalue weighted by molar-refractivity contribution is -0.119.